The van der Waals surface area contributed by atoms with Crippen LogP contribution in [0.2, 0.25) is 0 Å². The number of nitrogens with two attached hydrogens (primary N) is 1. The Bertz CT molecular complexity index is 680. The lowest BCUT2D eigenvalue weighted by Crippen LogP contribution is -2.28. The third-order valence-electron chi connectivity index (χ3n) is 3.36. The van der Waals surface area contributed by atoms with E-state index >= 15 is 0 Å². The molecule has 1 fully saturated rings. The minimum absolute atomic E-state index is 0.222. The summed E-state index contributed by atoms with van der Waals surface area (Å²) in [7, 11) is 0. The summed E-state index contributed by atoms with van der Waals surface area (Å²) >= 11 is 0. The molecule has 0 aliphatic carbocycles. The second-order valence-electron chi connectivity index (χ2n) is 4.48. The molecule has 3 heterocycles. The van der Waals surface area contributed by atoms with Crippen molar-refractivity contribution < 1.29 is 14.9 Å². The third-order valence-corrected chi connectivity index (χ3v) is 3.36. The molecule has 20 heavy (non-hydrogen) atoms. The smallest absolute Gasteiger partial charge is 0.167 e. The molecule has 0 saturated carbocycles. The monoisotopic (exact) mass is 276 g/mol. The summed E-state index contributed by atoms with van der Waals surface area (Å²) in [6.45, 7) is -0.375. The van der Waals surface area contributed by atoms with Crippen LogP contribution in [0.3, 0.4) is 0 Å². The van der Waals surface area contributed by atoms with Gasteiger partial charge in [0, 0.05) is 0 Å². The van der Waals surface area contributed by atoms with E-state index in [0.717, 1.165) is 0 Å². The van der Waals surface area contributed by atoms with Gasteiger partial charge in [-0.25, -0.2) is 15.0 Å². The molecule has 4 N–H and O–H groups in total. The summed E-state index contributed by atoms with van der Waals surface area (Å²) < 4.78 is 7.03. The topological polar surface area (TPSA) is 143 Å². The Hall–Kier alpha value is -2.28. The van der Waals surface area contributed by atoms with Crippen molar-refractivity contribution in [3.05, 3.63) is 12.7 Å². The zero-order chi connectivity index (χ0) is 14.3. The van der Waals surface area contributed by atoms with E-state index in [9.17, 15) is 10.4 Å². The van der Waals surface area contributed by atoms with Gasteiger partial charge in [-0.3, -0.25) is 4.57 Å². The highest BCUT2D eigenvalue weighted by Crippen LogP contribution is 2.35. The van der Waals surface area contributed by atoms with Crippen LogP contribution in [-0.2, 0) is 4.74 Å². The molecule has 0 unspecified atom stereocenters. The van der Waals surface area contributed by atoms with Crippen molar-refractivity contribution >= 4 is 17.0 Å². The molecule has 9 heteroatoms. The average molecular weight is 276 g/mol. The molecule has 2 aromatic rings. The Kier molecular flexibility index (Phi) is 2.98. The van der Waals surface area contributed by atoms with E-state index in [2.05, 4.69) is 15.0 Å². The number of ether oxygens (including phenoxy) is 1. The van der Waals surface area contributed by atoms with Gasteiger partial charge in [-0.15, -0.1) is 0 Å². The van der Waals surface area contributed by atoms with E-state index in [1.54, 1.807) is 0 Å². The van der Waals surface area contributed by atoms with E-state index in [1.165, 1.54) is 17.2 Å². The maximum atomic E-state index is 9.95. The number of aromatic nitrogens is 4. The minimum Gasteiger partial charge on any atom is -0.394 e. The Labute approximate surface area is 113 Å². The van der Waals surface area contributed by atoms with Crippen molar-refractivity contribution in [2.75, 3.05) is 12.3 Å². The quantitative estimate of drug-likeness (QED) is 0.620. The van der Waals surface area contributed by atoms with Crippen LogP contribution in [0.15, 0.2) is 12.7 Å². The lowest BCUT2D eigenvalue weighted by molar-refractivity contribution is -0.0441. The predicted molar refractivity (Wildman–Crippen MR) is 65.8 cm³/mol. The van der Waals surface area contributed by atoms with Crippen LogP contribution in [-0.4, -0.2) is 48.5 Å². The van der Waals surface area contributed by atoms with E-state index in [1.807, 2.05) is 6.07 Å². The van der Waals surface area contributed by atoms with Crippen molar-refractivity contribution in [3.8, 4) is 6.07 Å². The summed E-state index contributed by atoms with van der Waals surface area (Å²) in [6.07, 6.45) is 0.0305. The molecule has 1 aliphatic rings. The van der Waals surface area contributed by atoms with Gasteiger partial charge in [-0.05, 0) is 0 Å². The highest BCUT2D eigenvalue weighted by Gasteiger charge is 2.45. The fourth-order valence-electron chi connectivity index (χ4n) is 2.33. The molecule has 0 radical (unpaired) electrons. The number of nitrogens with zero attached hydrogens (tertiary/aromatic N) is 5. The van der Waals surface area contributed by atoms with Crippen LogP contribution < -0.4 is 5.73 Å². The maximum Gasteiger partial charge on any atom is 0.167 e. The predicted octanol–water partition coefficient (Wildman–Crippen LogP) is -1.20. The Morgan fingerprint density at radius 3 is 2.95 bits per heavy atom. The SMILES string of the molecule is N#C[C@@H]1[C@H](O)[C@@H](CO)O[C@H]1n1cnc2c(N)ncnc21. The minimum atomic E-state index is -1.08. The molecule has 0 spiro atoms. The summed E-state index contributed by atoms with van der Waals surface area (Å²) in [6, 6.07) is 1.99. The first-order valence-electron chi connectivity index (χ1n) is 5.94. The van der Waals surface area contributed by atoms with Gasteiger partial charge in [0.15, 0.2) is 17.7 Å². The van der Waals surface area contributed by atoms with Gasteiger partial charge in [0.05, 0.1) is 19.0 Å². The number of rotatable bonds is 2. The average Bonchev–Trinajstić information content (AvgIpc) is 3.00. The number of nitriles is 1. The molecular weight excluding hydrogens is 264 g/mol. The number of imidazole rings is 1. The standard InChI is InChI=1S/C11H12N6O3/c12-1-5-8(19)6(2-18)20-11(5)17-4-16-7-9(13)14-3-15-10(7)17/h3-6,8,11,18-19H,2H2,(H2,13,14,15)/t5-,6-,8+,11-/m1/s1. The molecule has 0 bridgehead atoms. The lowest BCUT2D eigenvalue weighted by Gasteiger charge is -2.15. The van der Waals surface area contributed by atoms with E-state index in [0.29, 0.717) is 11.2 Å². The first kappa shape index (κ1) is 12.7. The molecule has 104 valence electrons. The first-order chi connectivity index (χ1) is 9.67. The molecule has 0 aromatic carbocycles. The molecule has 1 saturated heterocycles. The molecule has 2 aromatic heterocycles. The van der Waals surface area contributed by atoms with Gasteiger partial charge in [0.2, 0.25) is 0 Å². The van der Waals surface area contributed by atoms with Crippen molar-refractivity contribution in [2.24, 2.45) is 5.92 Å². The number of hydrogen-bond acceptors (Lipinski definition) is 8. The number of aliphatic hydroxyl groups excluding tert-OH is 2. The normalized spacial score (nSPS) is 29.6. The van der Waals surface area contributed by atoms with Gasteiger partial charge >= 0.3 is 0 Å². The van der Waals surface area contributed by atoms with Crippen LogP contribution in [0, 0.1) is 17.2 Å². The highest BCUT2D eigenvalue weighted by atomic mass is 16.5. The third kappa shape index (κ3) is 1.70. The number of fused-ring (bicyclic) bond motifs is 1. The van der Waals surface area contributed by atoms with Crippen molar-refractivity contribution in [1.29, 1.82) is 5.26 Å². The van der Waals surface area contributed by atoms with Gasteiger partial charge in [-0.1, -0.05) is 0 Å². The zero-order valence-electron chi connectivity index (χ0n) is 10.3. The fourth-order valence-corrected chi connectivity index (χ4v) is 2.33. The van der Waals surface area contributed by atoms with Gasteiger partial charge in [0.25, 0.3) is 0 Å². The number of hydrogen-bond donors (Lipinski definition) is 3. The molecule has 1 aliphatic heterocycles. The Balaban J connectivity index is 2.07. The summed E-state index contributed by atoms with van der Waals surface area (Å²) in [5, 5.41) is 28.3. The Morgan fingerprint density at radius 1 is 1.45 bits per heavy atom. The van der Waals surface area contributed by atoms with Gasteiger partial charge in [-0.2, -0.15) is 5.26 Å². The van der Waals surface area contributed by atoms with Gasteiger partial charge < -0.3 is 20.7 Å². The van der Waals surface area contributed by atoms with Crippen LogP contribution in [0.4, 0.5) is 5.82 Å². The second kappa shape index (κ2) is 4.68. The fraction of sp³-hybridized carbons (Fsp3) is 0.455. The van der Waals surface area contributed by atoms with Crippen molar-refractivity contribution in [1.82, 2.24) is 19.5 Å². The zero-order valence-corrected chi connectivity index (χ0v) is 10.3. The molecular formula is C11H12N6O3. The number of anilines is 1. The Morgan fingerprint density at radius 2 is 2.25 bits per heavy atom. The van der Waals surface area contributed by atoms with Crippen LogP contribution in [0.25, 0.3) is 11.2 Å². The molecule has 9 nitrogen and oxygen atoms in total. The molecule has 3 rings (SSSR count). The maximum absolute atomic E-state index is 9.95. The number of aliphatic hydroxyl groups is 2. The number of nitrogen functional groups attached to an aromatic ring is 1. The summed E-state index contributed by atoms with van der Waals surface area (Å²) in [4.78, 5) is 12.0. The van der Waals surface area contributed by atoms with Crippen LogP contribution in [0.5, 0.6) is 0 Å². The molecule has 0 amide bonds. The summed E-state index contributed by atoms with van der Waals surface area (Å²) in [5.74, 6) is -0.611. The summed E-state index contributed by atoms with van der Waals surface area (Å²) in [5.41, 5.74) is 6.50. The molecule has 4 atom stereocenters. The van der Waals surface area contributed by atoms with Crippen LogP contribution >= 0.6 is 0 Å². The highest BCUT2D eigenvalue weighted by molar-refractivity contribution is 5.81. The van der Waals surface area contributed by atoms with E-state index in [-0.39, 0.29) is 12.4 Å². The van der Waals surface area contributed by atoms with Crippen LogP contribution in [0.1, 0.15) is 6.23 Å². The van der Waals surface area contributed by atoms with E-state index < -0.39 is 24.4 Å². The van der Waals surface area contributed by atoms with Gasteiger partial charge in [0.1, 0.15) is 30.0 Å². The lowest BCUT2D eigenvalue weighted by atomic mass is 10.0. The van der Waals surface area contributed by atoms with E-state index in [4.69, 9.17) is 15.6 Å². The first-order valence-corrected chi connectivity index (χ1v) is 5.94. The largest absolute Gasteiger partial charge is 0.394 e. The van der Waals surface area contributed by atoms with Crippen molar-refractivity contribution in [3.63, 3.8) is 0 Å². The van der Waals surface area contributed by atoms with Crippen molar-refractivity contribution in [2.45, 2.75) is 18.4 Å². The second-order valence-corrected chi connectivity index (χ2v) is 4.48.